The maximum Gasteiger partial charge on any atom is 0.408 e. The number of amides is 3. The highest BCUT2D eigenvalue weighted by molar-refractivity contribution is 6.00. The van der Waals surface area contributed by atoms with E-state index in [1.165, 1.54) is 4.90 Å². The summed E-state index contributed by atoms with van der Waals surface area (Å²) in [7, 11) is 0. The molecular weight excluding hydrogens is 458 g/mol. The third kappa shape index (κ3) is 7.07. The molecule has 0 aromatic heterocycles. The summed E-state index contributed by atoms with van der Waals surface area (Å²) in [5.74, 6) is -0.968. The number of rotatable bonds is 8. The number of carbonyl (C=O) groups excluding carboxylic acids is 3. The fraction of sp³-hybridized carbons (Fsp3) is 0.464. The van der Waals surface area contributed by atoms with E-state index >= 15 is 0 Å². The predicted octanol–water partition coefficient (Wildman–Crippen LogP) is 4.33. The lowest BCUT2D eigenvalue weighted by Gasteiger charge is -2.34. The van der Waals surface area contributed by atoms with Crippen molar-refractivity contribution in [2.24, 2.45) is 0 Å². The van der Waals surface area contributed by atoms with Gasteiger partial charge < -0.3 is 25.4 Å². The third-order valence-electron chi connectivity index (χ3n) is 5.90. The van der Waals surface area contributed by atoms with Crippen molar-refractivity contribution in [2.45, 2.75) is 73.1 Å². The van der Waals surface area contributed by atoms with Gasteiger partial charge in [-0.1, -0.05) is 36.4 Å². The first kappa shape index (κ1) is 28.8. The molecule has 3 amide bonds. The molecule has 0 radical (unpaired) electrons. The zero-order valence-corrected chi connectivity index (χ0v) is 22.6. The molecule has 196 valence electrons. The summed E-state index contributed by atoms with van der Waals surface area (Å²) in [5.41, 5.74) is 4.12. The van der Waals surface area contributed by atoms with Gasteiger partial charge in [-0.15, -0.1) is 0 Å². The van der Waals surface area contributed by atoms with Gasteiger partial charge in [-0.3, -0.25) is 9.59 Å². The molecule has 0 aliphatic heterocycles. The Bertz CT molecular complexity index is 1070. The number of hydrogen-bond donors (Lipinski definition) is 3. The molecule has 2 atom stereocenters. The highest BCUT2D eigenvalue weighted by Gasteiger charge is 2.37. The average Bonchev–Trinajstić information content (AvgIpc) is 2.77. The minimum absolute atomic E-state index is 0.171. The number of anilines is 1. The van der Waals surface area contributed by atoms with E-state index in [-0.39, 0.29) is 12.5 Å². The smallest absolute Gasteiger partial charge is 0.408 e. The molecule has 0 heterocycles. The molecule has 2 aromatic carbocycles. The number of ether oxygens (including phenoxy) is 1. The van der Waals surface area contributed by atoms with Crippen LogP contribution >= 0.6 is 0 Å². The highest BCUT2D eigenvalue weighted by atomic mass is 16.6. The van der Waals surface area contributed by atoms with Gasteiger partial charge in [0.1, 0.15) is 17.7 Å². The summed E-state index contributed by atoms with van der Waals surface area (Å²) in [5, 5.41) is 15.4. The maximum atomic E-state index is 13.9. The second-order valence-electron chi connectivity index (χ2n) is 9.97. The number of likely N-dealkylation sites (N-methyl/N-ethyl adjacent to an activating group) is 1. The Kier molecular flexibility index (Phi) is 9.64. The molecule has 0 spiro atoms. The Labute approximate surface area is 214 Å². The zero-order chi connectivity index (χ0) is 27.2. The molecule has 0 aliphatic carbocycles. The number of aliphatic hydroxyl groups excluding tert-OH is 1. The highest BCUT2D eigenvalue weighted by Crippen LogP contribution is 2.30. The largest absolute Gasteiger partial charge is 0.444 e. The van der Waals surface area contributed by atoms with E-state index in [1.54, 1.807) is 27.7 Å². The first-order chi connectivity index (χ1) is 16.8. The Hall–Kier alpha value is -3.39. The first-order valence-electron chi connectivity index (χ1n) is 12.1. The Morgan fingerprint density at radius 1 is 0.944 bits per heavy atom. The molecule has 8 heteroatoms. The van der Waals surface area contributed by atoms with Crippen LogP contribution < -0.4 is 10.6 Å². The lowest BCUT2D eigenvalue weighted by Crippen LogP contribution is -2.54. The molecule has 0 saturated carbocycles. The minimum Gasteiger partial charge on any atom is -0.444 e. The number of carbonyl (C=O) groups is 3. The second kappa shape index (κ2) is 12.0. The lowest BCUT2D eigenvalue weighted by molar-refractivity contribution is -0.141. The summed E-state index contributed by atoms with van der Waals surface area (Å²) in [6.45, 7) is 14.0. The number of aliphatic hydroxyl groups is 1. The number of para-hydroxylation sites is 1. The van der Waals surface area contributed by atoms with Crippen molar-refractivity contribution in [3.63, 3.8) is 0 Å². The van der Waals surface area contributed by atoms with Gasteiger partial charge in [-0.05, 0) is 83.2 Å². The zero-order valence-electron chi connectivity index (χ0n) is 22.6. The molecule has 0 bridgehead atoms. The van der Waals surface area contributed by atoms with Gasteiger partial charge in [-0.25, -0.2) is 4.79 Å². The predicted molar refractivity (Wildman–Crippen MR) is 141 cm³/mol. The van der Waals surface area contributed by atoms with Gasteiger partial charge in [0.05, 0.1) is 6.61 Å². The van der Waals surface area contributed by atoms with E-state index in [9.17, 15) is 19.5 Å². The number of nitrogens with one attached hydrogen (secondary N) is 2. The number of hydrogen-bond acceptors (Lipinski definition) is 5. The van der Waals surface area contributed by atoms with Crippen LogP contribution in [0, 0.1) is 27.7 Å². The topological polar surface area (TPSA) is 108 Å². The molecule has 2 rings (SSSR count). The van der Waals surface area contributed by atoms with Crippen molar-refractivity contribution in [1.29, 1.82) is 0 Å². The van der Waals surface area contributed by atoms with Gasteiger partial charge in [0.25, 0.3) is 5.91 Å². The number of aryl methyl sites for hydroxylation is 4. The van der Waals surface area contributed by atoms with Crippen molar-refractivity contribution in [2.75, 3.05) is 18.5 Å². The SMILES string of the molecule is CCN(C(=O)C(CO)NC(=O)OC(C)(C)C)C(C(=O)Nc1c(C)cccc1C)c1c(C)cccc1C. The molecule has 0 aliphatic rings. The van der Waals surface area contributed by atoms with E-state index in [0.717, 1.165) is 22.3 Å². The molecule has 36 heavy (non-hydrogen) atoms. The van der Waals surface area contributed by atoms with E-state index in [4.69, 9.17) is 4.74 Å². The molecule has 2 unspecified atom stereocenters. The van der Waals surface area contributed by atoms with Gasteiger partial charge in [-0.2, -0.15) is 0 Å². The second-order valence-corrected chi connectivity index (χ2v) is 9.97. The van der Waals surface area contributed by atoms with Crippen LogP contribution in [-0.2, 0) is 14.3 Å². The van der Waals surface area contributed by atoms with Gasteiger partial charge >= 0.3 is 6.09 Å². The molecule has 2 aromatic rings. The van der Waals surface area contributed by atoms with Gasteiger partial charge in [0.15, 0.2) is 0 Å². The van der Waals surface area contributed by atoms with Crippen LogP contribution in [0.15, 0.2) is 36.4 Å². The van der Waals surface area contributed by atoms with Crippen molar-refractivity contribution in [3.8, 4) is 0 Å². The Balaban J connectivity index is 2.51. The third-order valence-corrected chi connectivity index (χ3v) is 5.90. The maximum absolute atomic E-state index is 13.9. The monoisotopic (exact) mass is 497 g/mol. The van der Waals surface area contributed by atoms with Gasteiger partial charge in [0, 0.05) is 12.2 Å². The molecular formula is C28H39N3O5. The number of nitrogens with zero attached hydrogens (tertiary/aromatic N) is 1. The van der Waals surface area contributed by atoms with Crippen LogP contribution in [0.5, 0.6) is 0 Å². The molecule has 0 saturated heterocycles. The van der Waals surface area contributed by atoms with Gasteiger partial charge in [0.2, 0.25) is 5.91 Å². The van der Waals surface area contributed by atoms with Crippen LogP contribution in [0.25, 0.3) is 0 Å². The summed E-state index contributed by atoms with van der Waals surface area (Å²) in [6.07, 6.45) is -0.824. The molecule has 8 nitrogen and oxygen atoms in total. The van der Waals surface area contributed by atoms with Crippen molar-refractivity contribution < 1.29 is 24.2 Å². The van der Waals surface area contributed by atoms with Crippen molar-refractivity contribution in [1.82, 2.24) is 10.2 Å². The van der Waals surface area contributed by atoms with Crippen LogP contribution in [0.2, 0.25) is 0 Å². The van der Waals surface area contributed by atoms with Crippen LogP contribution in [0.3, 0.4) is 0 Å². The van der Waals surface area contributed by atoms with Crippen molar-refractivity contribution >= 4 is 23.6 Å². The van der Waals surface area contributed by atoms with E-state index in [2.05, 4.69) is 10.6 Å². The molecule has 3 N–H and O–H groups in total. The summed E-state index contributed by atoms with van der Waals surface area (Å²) in [6, 6.07) is 9.15. The van der Waals surface area contributed by atoms with E-state index < -0.39 is 36.3 Å². The fourth-order valence-electron chi connectivity index (χ4n) is 4.19. The summed E-state index contributed by atoms with van der Waals surface area (Å²) < 4.78 is 5.26. The summed E-state index contributed by atoms with van der Waals surface area (Å²) in [4.78, 5) is 41.3. The van der Waals surface area contributed by atoms with Crippen LogP contribution in [-0.4, -0.2) is 52.7 Å². The standard InChI is InChI=1S/C28H39N3O5/c1-9-31(26(34)21(16-32)29-27(35)36-28(6,7)8)24(22-17(2)12-10-13-18(22)3)25(33)30-23-19(4)14-11-15-20(23)5/h10-15,21,24,32H,9,16H2,1-8H3,(H,29,35)(H,30,33). The normalized spacial score (nSPS) is 12.9. The molecule has 0 fully saturated rings. The Morgan fingerprint density at radius 2 is 1.44 bits per heavy atom. The van der Waals surface area contributed by atoms with E-state index in [1.807, 2.05) is 64.1 Å². The quantitative estimate of drug-likeness (QED) is 0.503. The van der Waals surface area contributed by atoms with Crippen molar-refractivity contribution in [3.05, 3.63) is 64.2 Å². The van der Waals surface area contributed by atoms with Crippen LogP contribution in [0.1, 0.15) is 61.6 Å². The lowest BCUT2D eigenvalue weighted by atomic mass is 9.93. The minimum atomic E-state index is -1.28. The Morgan fingerprint density at radius 3 is 1.89 bits per heavy atom. The number of benzene rings is 2. The van der Waals surface area contributed by atoms with E-state index in [0.29, 0.717) is 11.3 Å². The van der Waals surface area contributed by atoms with Crippen LogP contribution in [0.4, 0.5) is 10.5 Å². The first-order valence-corrected chi connectivity index (χ1v) is 12.1. The summed E-state index contributed by atoms with van der Waals surface area (Å²) >= 11 is 0. The fourth-order valence-corrected chi connectivity index (χ4v) is 4.19. The number of alkyl carbamates (subject to hydrolysis) is 1. The average molecular weight is 498 g/mol.